The number of carbonyl (C=O) groups is 2. The molecule has 1 heterocycles. The third-order valence-electron chi connectivity index (χ3n) is 4.31. The van der Waals surface area contributed by atoms with Gasteiger partial charge in [0.1, 0.15) is 6.61 Å². The predicted molar refractivity (Wildman–Crippen MR) is 100 cm³/mol. The second kappa shape index (κ2) is 8.52. The fourth-order valence-corrected chi connectivity index (χ4v) is 3.18. The lowest BCUT2D eigenvalue weighted by atomic mass is 9.79. The number of hydrogen-bond acceptors (Lipinski definition) is 5. The summed E-state index contributed by atoms with van der Waals surface area (Å²) in [5, 5.41) is 3.13. The molecule has 1 aliphatic rings. The van der Waals surface area contributed by atoms with Crippen LogP contribution >= 0.6 is 0 Å². The van der Waals surface area contributed by atoms with Gasteiger partial charge in [-0.2, -0.15) is 0 Å². The van der Waals surface area contributed by atoms with Gasteiger partial charge in [-0.15, -0.1) is 0 Å². The maximum atomic E-state index is 12.8. The summed E-state index contributed by atoms with van der Waals surface area (Å²) in [4.78, 5) is 25.4. The van der Waals surface area contributed by atoms with Gasteiger partial charge in [0, 0.05) is 11.4 Å². The monoisotopic (exact) mass is 355 g/mol. The van der Waals surface area contributed by atoms with Gasteiger partial charge in [0.2, 0.25) is 0 Å². The molecule has 26 heavy (non-hydrogen) atoms. The number of allylic oxidation sites excluding steroid dienone is 2. The highest BCUT2D eigenvalue weighted by Crippen LogP contribution is 2.40. The van der Waals surface area contributed by atoms with E-state index in [0.29, 0.717) is 22.5 Å². The fraction of sp³-hybridized carbons (Fsp3) is 0.333. The number of carbonyl (C=O) groups excluding carboxylic acids is 2. The highest BCUT2D eigenvalue weighted by atomic mass is 16.5. The van der Waals surface area contributed by atoms with Crippen molar-refractivity contribution in [3.05, 3.63) is 70.6 Å². The molecule has 138 valence electrons. The van der Waals surface area contributed by atoms with Gasteiger partial charge in [0.25, 0.3) is 0 Å². The summed E-state index contributed by atoms with van der Waals surface area (Å²) in [6.07, 6.45) is 1.51. The number of dihydropyridines is 1. The van der Waals surface area contributed by atoms with Crippen LogP contribution in [-0.2, 0) is 19.1 Å². The van der Waals surface area contributed by atoms with Crippen molar-refractivity contribution < 1.29 is 19.1 Å². The van der Waals surface area contributed by atoms with Gasteiger partial charge in [0.15, 0.2) is 0 Å². The van der Waals surface area contributed by atoms with Crippen LogP contribution in [0.3, 0.4) is 0 Å². The molecule has 0 radical (unpaired) electrons. The van der Waals surface area contributed by atoms with Crippen molar-refractivity contribution >= 4 is 11.9 Å². The Morgan fingerprint density at radius 2 is 1.65 bits per heavy atom. The van der Waals surface area contributed by atoms with Crippen LogP contribution < -0.4 is 5.32 Å². The van der Waals surface area contributed by atoms with E-state index in [-0.39, 0.29) is 13.2 Å². The molecule has 1 N–H and O–H groups in total. The lowest BCUT2D eigenvalue weighted by Gasteiger charge is -2.31. The third-order valence-corrected chi connectivity index (χ3v) is 4.31. The van der Waals surface area contributed by atoms with Crippen molar-refractivity contribution in [3.63, 3.8) is 0 Å². The lowest BCUT2D eigenvalue weighted by molar-refractivity contribution is -0.139. The number of nitrogens with one attached hydrogen (secondary N) is 1. The first-order valence-electron chi connectivity index (χ1n) is 8.61. The molecular formula is C21H25NO4. The van der Waals surface area contributed by atoms with E-state index in [0.717, 1.165) is 11.1 Å². The number of rotatable bonds is 6. The fourth-order valence-electron chi connectivity index (χ4n) is 3.18. The Kier molecular flexibility index (Phi) is 6.39. The van der Waals surface area contributed by atoms with Gasteiger partial charge in [0.05, 0.1) is 23.7 Å². The molecule has 0 saturated carbocycles. The van der Waals surface area contributed by atoms with E-state index in [4.69, 9.17) is 9.47 Å². The van der Waals surface area contributed by atoms with E-state index in [1.54, 1.807) is 13.8 Å². The minimum Gasteiger partial charge on any atom is -0.463 e. The van der Waals surface area contributed by atoms with E-state index in [1.165, 1.54) is 6.08 Å². The Morgan fingerprint density at radius 1 is 1.08 bits per heavy atom. The summed E-state index contributed by atoms with van der Waals surface area (Å²) in [5.41, 5.74) is 4.04. The molecule has 1 aromatic rings. The maximum absolute atomic E-state index is 12.8. The van der Waals surface area contributed by atoms with Gasteiger partial charge in [-0.1, -0.05) is 36.9 Å². The summed E-state index contributed by atoms with van der Waals surface area (Å²) in [7, 11) is 0. The summed E-state index contributed by atoms with van der Waals surface area (Å²) in [6.45, 7) is 11.3. The largest absolute Gasteiger partial charge is 0.463 e. The Labute approximate surface area is 154 Å². The molecule has 5 heteroatoms. The molecule has 0 aromatic heterocycles. The third kappa shape index (κ3) is 3.87. The molecule has 0 bridgehead atoms. The van der Waals surface area contributed by atoms with Crippen molar-refractivity contribution in [1.29, 1.82) is 0 Å². The molecule has 1 aromatic carbocycles. The van der Waals surface area contributed by atoms with Crippen LogP contribution in [0.1, 0.15) is 37.8 Å². The highest BCUT2D eigenvalue weighted by molar-refractivity contribution is 6.00. The average Bonchev–Trinajstić information content (AvgIpc) is 2.59. The molecule has 0 aliphatic carbocycles. The number of esters is 2. The summed E-state index contributed by atoms with van der Waals surface area (Å²) >= 11 is 0. The maximum Gasteiger partial charge on any atom is 0.337 e. The molecular weight excluding hydrogens is 330 g/mol. The van der Waals surface area contributed by atoms with Gasteiger partial charge in [-0.3, -0.25) is 0 Å². The van der Waals surface area contributed by atoms with Crippen molar-refractivity contribution in [2.75, 3.05) is 13.2 Å². The van der Waals surface area contributed by atoms with Gasteiger partial charge >= 0.3 is 11.9 Å². The zero-order valence-corrected chi connectivity index (χ0v) is 15.7. The lowest BCUT2D eigenvalue weighted by Crippen LogP contribution is -2.32. The Balaban J connectivity index is 2.63. The van der Waals surface area contributed by atoms with Crippen molar-refractivity contribution in [2.24, 2.45) is 0 Å². The first-order chi connectivity index (χ1) is 12.4. The Morgan fingerprint density at radius 3 is 2.19 bits per heavy atom. The number of benzene rings is 1. The van der Waals surface area contributed by atoms with Crippen LogP contribution in [0.15, 0.2) is 59.5 Å². The summed E-state index contributed by atoms with van der Waals surface area (Å²) in [6, 6.07) is 7.70. The summed E-state index contributed by atoms with van der Waals surface area (Å²) < 4.78 is 10.5. The Bertz CT molecular complexity index is 789. The van der Waals surface area contributed by atoms with Crippen LogP contribution in [0.4, 0.5) is 0 Å². The molecule has 0 fully saturated rings. The van der Waals surface area contributed by atoms with Crippen LogP contribution in [0.5, 0.6) is 0 Å². The second-order valence-electron chi connectivity index (χ2n) is 6.10. The van der Waals surface area contributed by atoms with Crippen LogP contribution in [0, 0.1) is 6.92 Å². The standard InChI is InChI=1S/C21H25NO4/c1-6-12-26-21(24)18-15(5)22-14(4)17(20(23)25-7-2)19(18)16-11-9-8-10-13(16)3/h6,8-11,19,22H,1,7,12H2,2-5H3. The minimum absolute atomic E-state index is 0.105. The van der Waals surface area contributed by atoms with Gasteiger partial charge in [-0.05, 0) is 38.8 Å². The SMILES string of the molecule is C=CCOC(=O)C1=C(C)NC(C)=C(C(=O)OCC)C1c1ccccc1C. The van der Waals surface area contributed by atoms with Gasteiger partial charge < -0.3 is 14.8 Å². The van der Waals surface area contributed by atoms with E-state index < -0.39 is 17.9 Å². The number of aryl methyl sites for hydroxylation is 1. The van der Waals surface area contributed by atoms with E-state index in [9.17, 15) is 9.59 Å². The van der Waals surface area contributed by atoms with Crippen molar-refractivity contribution in [3.8, 4) is 0 Å². The predicted octanol–water partition coefficient (Wildman–Crippen LogP) is 3.52. The smallest absolute Gasteiger partial charge is 0.337 e. The van der Waals surface area contributed by atoms with Gasteiger partial charge in [-0.25, -0.2) is 9.59 Å². The molecule has 5 nitrogen and oxygen atoms in total. The van der Waals surface area contributed by atoms with Crippen LogP contribution in [0.2, 0.25) is 0 Å². The van der Waals surface area contributed by atoms with E-state index >= 15 is 0 Å². The normalized spacial score (nSPS) is 16.8. The number of hydrogen-bond donors (Lipinski definition) is 1. The molecule has 1 unspecified atom stereocenters. The average molecular weight is 355 g/mol. The minimum atomic E-state index is -0.547. The zero-order chi connectivity index (χ0) is 19.3. The Hall–Kier alpha value is -2.82. The van der Waals surface area contributed by atoms with Crippen LogP contribution in [-0.4, -0.2) is 25.2 Å². The first kappa shape index (κ1) is 19.5. The number of ether oxygens (including phenoxy) is 2. The molecule has 1 aliphatic heterocycles. The zero-order valence-electron chi connectivity index (χ0n) is 15.7. The van der Waals surface area contributed by atoms with Crippen molar-refractivity contribution in [2.45, 2.75) is 33.6 Å². The molecule has 0 saturated heterocycles. The first-order valence-corrected chi connectivity index (χ1v) is 8.61. The molecule has 0 spiro atoms. The molecule has 2 rings (SSSR count). The quantitative estimate of drug-likeness (QED) is 0.625. The molecule has 1 atom stereocenters. The van der Waals surface area contributed by atoms with E-state index in [2.05, 4.69) is 11.9 Å². The molecule has 0 amide bonds. The topological polar surface area (TPSA) is 64.6 Å². The van der Waals surface area contributed by atoms with Crippen LogP contribution in [0.25, 0.3) is 0 Å². The van der Waals surface area contributed by atoms with E-state index in [1.807, 2.05) is 38.1 Å². The van der Waals surface area contributed by atoms with Crippen molar-refractivity contribution in [1.82, 2.24) is 5.32 Å². The highest BCUT2D eigenvalue weighted by Gasteiger charge is 2.38. The summed E-state index contributed by atoms with van der Waals surface area (Å²) in [5.74, 6) is -1.46. The second-order valence-corrected chi connectivity index (χ2v) is 6.10.